The molecule has 0 aromatic heterocycles. The molecule has 0 fully saturated rings. The quantitative estimate of drug-likeness (QED) is 0.329. The van der Waals surface area contributed by atoms with E-state index < -0.39 is 7.60 Å². The summed E-state index contributed by atoms with van der Waals surface area (Å²) in [5.41, 5.74) is 0. The van der Waals surface area contributed by atoms with Crippen LogP contribution in [0, 0.1) is 0 Å². The van der Waals surface area contributed by atoms with Crippen LogP contribution in [0.4, 0.5) is 0 Å². The van der Waals surface area contributed by atoms with Crippen LogP contribution in [0.15, 0.2) is 0 Å². The van der Waals surface area contributed by atoms with E-state index >= 15 is 0 Å². The normalized spacial score (nSPS) is 10.4. The van der Waals surface area contributed by atoms with Crippen molar-refractivity contribution in [1.29, 1.82) is 0 Å². The summed E-state index contributed by atoms with van der Waals surface area (Å²) in [7, 11) is 0.0486. The van der Waals surface area contributed by atoms with Gasteiger partial charge in [-0.2, -0.15) is 0 Å². The maximum atomic E-state index is 10.5. The fourth-order valence-corrected chi connectivity index (χ4v) is 0.224. The minimum Gasteiger partial charge on any atom is -1.00 e. The Kier molecular flexibility index (Phi) is 6.65. The molecule has 0 aliphatic heterocycles. The zero-order valence-electron chi connectivity index (χ0n) is 6.67. The van der Waals surface area contributed by atoms with Gasteiger partial charge >= 0.3 is 26.5 Å². The third kappa shape index (κ3) is 4.90. The summed E-state index contributed by atoms with van der Waals surface area (Å²) >= 11 is 0. The second-order valence-corrected chi connectivity index (χ2v) is 3.41. The first kappa shape index (κ1) is 11.5. The Labute approximate surface area is 62.9 Å². The van der Waals surface area contributed by atoms with Gasteiger partial charge in [0, 0.05) is 20.9 Å². The molecular weight excluding hydrogens is 122 g/mol. The predicted octanol–water partition coefficient (Wildman–Crippen LogP) is -1.78. The molecule has 0 aliphatic rings. The maximum Gasteiger partial charge on any atom is 1.00 e. The minimum absolute atomic E-state index is 0. The van der Waals surface area contributed by atoms with Crippen LogP contribution in [0.1, 0.15) is 1.43 Å². The molecule has 0 saturated heterocycles. The predicted molar refractivity (Wildman–Crippen MR) is 28.7 cm³/mol. The first-order valence-electron chi connectivity index (χ1n) is 1.81. The zero-order chi connectivity index (χ0) is 5.91. The molecule has 0 radical (unpaired) electrons. The fourth-order valence-electron chi connectivity index (χ4n) is 0.0745. The third-order valence-corrected chi connectivity index (χ3v) is 1.99. The fraction of sp³-hybridized carbons (Fsp3) is 1.00. The monoisotopic (exact) mass is 132 g/mol. The van der Waals surface area contributed by atoms with Gasteiger partial charge in [-0.15, -0.1) is 0 Å². The van der Waals surface area contributed by atoms with Gasteiger partial charge in [-0.05, 0) is 0 Å². The SMILES string of the molecule is COP(C)(=O)OC.[H-].[Li+]. The Bertz CT molecular complexity index is 91.1. The summed E-state index contributed by atoms with van der Waals surface area (Å²) in [5.74, 6) is 0. The van der Waals surface area contributed by atoms with E-state index in [1.54, 1.807) is 0 Å². The van der Waals surface area contributed by atoms with E-state index in [0.29, 0.717) is 0 Å². The van der Waals surface area contributed by atoms with Crippen LogP contribution in [0.3, 0.4) is 0 Å². The van der Waals surface area contributed by atoms with Gasteiger partial charge in [0.25, 0.3) is 0 Å². The average molecular weight is 132 g/mol. The van der Waals surface area contributed by atoms with Crippen molar-refractivity contribution in [1.82, 2.24) is 0 Å². The molecular formula is C3H10LiO3P. The molecule has 0 aliphatic carbocycles. The first-order chi connectivity index (χ1) is 3.12. The molecule has 46 valence electrons. The Morgan fingerprint density at radius 1 is 1.38 bits per heavy atom. The summed E-state index contributed by atoms with van der Waals surface area (Å²) < 4.78 is 19.3. The molecule has 0 atom stereocenters. The maximum absolute atomic E-state index is 10.5. The molecule has 3 nitrogen and oxygen atoms in total. The van der Waals surface area contributed by atoms with Crippen molar-refractivity contribution >= 4 is 7.60 Å². The van der Waals surface area contributed by atoms with E-state index in [0.717, 1.165) is 0 Å². The summed E-state index contributed by atoms with van der Waals surface area (Å²) in [6.07, 6.45) is 0. The summed E-state index contributed by atoms with van der Waals surface area (Å²) in [6.45, 7) is 1.41. The van der Waals surface area contributed by atoms with Crippen LogP contribution in [-0.2, 0) is 13.6 Å². The minimum atomic E-state index is -2.65. The van der Waals surface area contributed by atoms with E-state index in [2.05, 4.69) is 9.05 Å². The van der Waals surface area contributed by atoms with Crippen molar-refractivity contribution in [2.75, 3.05) is 20.9 Å². The van der Waals surface area contributed by atoms with E-state index in [4.69, 9.17) is 0 Å². The van der Waals surface area contributed by atoms with Gasteiger partial charge in [0.2, 0.25) is 0 Å². The van der Waals surface area contributed by atoms with Crippen molar-refractivity contribution in [3.8, 4) is 0 Å². The molecule has 0 saturated carbocycles. The first-order valence-corrected chi connectivity index (χ1v) is 3.80. The van der Waals surface area contributed by atoms with Gasteiger partial charge in [-0.25, -0.2) is 0 Å². The van der Waals surface area contributed by atoms with Gasteiger partial charge in [-0.3, -0.25) is 4.57 Å². The van der Waals surface area contributed by atoms with Crippen LogP contribution in [0.25, 0.3) is 0 Å². The Morgan fingerprint density at radius 3 is 1.62 bits per heavy atom. The molecule has 0 aromatic rings. The third-order valence-electron chi connectivity index (χ3n) is 0.663. The van der Waals surface area contributed by atoms with Crippen molar-refractivity contribution in [2.45, 2.75) is 0 Å². The molecule has 5 heteroatoms. The molecule has 0 aromatic carbocycles. The molecule has 0 amide bonds. The van der Waals surface area contributed by atoms with E-state index in [-0.39, 0.29) is 20.3 Å². The van der Waals surface area contributed by atoms with E-state index in [1.807, 2.05) is 0 Å². The molecule has 0 unspecified atom stereocenters. The molecule has 0 heterocycles. The van der Waals surface area contributed by atoms with Gasteiger partial charge in [0.15, 0.2) is 0 Å². The van der Waals surface area contributed by atoms with Gasteiger partial charge in [-0.1, -0.05) is 0 Å². The Balaban J connectivity index is -0.000000180. The second-order valence-electron chi connectivity index (χ2n) is 1.14. The van der Waals surface area contributed by atoms with Crippen LogP contribution in [0.5, 0.6) is 0 Å². The van der Waals surface area contributed by atoms with Crippen LogP contribution >= 0.6 is 7.60 Å². The van der Waals surface area contributed by atoms with Gasteiger partial charge in [0.1, 0.15) is 0 Å². The molecule has 0 rings (SSSR count). The standard InChI is InChI=1S/C3H9O3P.Li.H/c1-5-7(3,4)6-2;;/h1-3H3;;/q;+1;-1. The van der Waals surface area contributed by atoms with Crippen molar-refractivity contribution in [3.63, 3.8) is 0 Å². The second kappa shape index (κ2) is 4.61. The van der Waals surface area contributed by atoms with Crippen molar-refractivity contribution < 1.29 is 33.9 Å². The van der Waals surface area contributed by atoms with Gasteiger partial charge < -0.3 is 10.5 Å². The summed E-state index contributed by atoms with van der Waals surface area (Å²) in [6, 6.07) is 0. The summed E-state index contributed by atoms with van der Waals surface area (Å²) in [4.78, 5) is 0. The van der Waals surface area contributed by atoms with E-state index in [9.17, 15) is 4.57 Å². The summed E-state index contributed by atoms with van der Waals surface area (Å²) in [5, 5.41) is 0. The molecule has 0 N–H and O–H groups in total. The Morgan fingerprint density at radius 2 is 1.62 bits per heavy atom. The van der Waals surface area contributed by atoms with Crippen LogP contribution in [0.2, 0.25) is 0 Å². The Hall–Kier alpha value is 0.747. The largest absolute Gasteiger partial charge is 1.00 e. The number of hydrogen-bond acceptors (Lipinski definition) is 3. The topological polar surface area (TPSA) is 35.5 Å². The van der Waals surface area contributed by atoms with Crippen LogP contribution in [-0.4, -0.2) is 20.9 Å². The zero-order valence-corrected chi connectivity index (χ0v) is 6.57. The van der Waals surface area contributed by atoms with Gasteiger partial charge in [0.05, 0.1) is 0 Å². The average Bonchev–Trinajstić information content (AvgIpc) is 1.68. The van der Waals surface area contributed by atoms with E-state index in [1.165, 1.54) is 20.9 Å². The van der Waals surface area contributed by atoms with Crippen molar-refractivity contribution in [2.24, 2.45) is 0 Å². The molecule has 8 heavy (non-hydrogen) atoms. The number of rotatable bonds is 2. The molecule has 0 spiro atoms. The smallest absolute Gasteiger partial charge is 1.00 e. The number of hydrogen-bond donors (Lipinski definition) is 0. The molecule has 0 bridgehead atoms. The van der Waals surface area contributed by atoms with Crippen LogP contribution < -0.4 is 18.9 Å². The van der Waals surface area contributed by atoms with Crippen molar-refractivity contribution in [3.05, 3.63) is 0 Å².